The lowest BCUT2D eigenvalue weighted by molar-refractivity contribution is 0.0791. The van der Waals surface area contributed by atoms with Crippen molar-refractivity contribution < 1.29 is 4.79 Å². The quantitative estimate of drug-likeness (QED) is 0.851. The minimum absolute atomic E-state index is 0.0670. The molecule has 0 fully saturated rings. The highest BCUT2D eigenvalue weighted by atomic mass is 16.2. The molecule has 2 aromatic heterocycles. The van der Waals surface area contributed by atoms with Crippen molar-refractivity contribution in [2.24, 2.45) is 0 Å². The number of carbonyl (C=O) groups is 1. The Balaban J connectivity index is 1.92. The number of nitrogen functional groups attached to an aromatic ring is 1. The normalized spacial score (nSPS) is 10.3. The molecule has 0 aliphatic heterocycles. The van der Waals surface area contributed by atoms with Gasteiger partial charge in [-0.3, -0.25) is 9.78 Å². The van der Waals surface area contributed by atoms with Gasteiger partial charge >= 0.3 is 0 Å². The van der Waals surface area contributed by atoms with Crippen molar-refractivity contribution in [1.29, 1.82) is 0 Å². The van der Waals surface area contributed by atoms with Crippen LogP contribution in [0, 0.1) is 0 Å². The Hall–Kier alpha value is -2.30. The van der Waals surface area contributed by atoms with Crippen LogP contribution in [0.15, 0.2) is 36.7 Å². The molecule has 2 rings (SSSR count). The molecule has 0 unspecified atom stereocenters. The Kier molecular flexibility index (Phi) is 3.62. The van der Waals surface area contributed by atoms with Gasteiger partial charge in [0.25, 0.3) is 5.91 Å². The van der Waals surface area contributed by atoms with Gasteiger partial charge in [0.1, 0.15) is 5.69 Å². The zero-order chi connectivity index (χ0) is 13.0. The van der Waals surface area contributed by atoms with Crippen molar-refractivity contribution >= 4 is 11.6 Å². The summed E-state index contributed by atoms with van der Waals surface area (Å²) in [6.45, 7) is 0.620. The summed E-state index contributed by atoms with van der Waals surface area (Å²) in [6.07, 6.45) is 4.10. The first kappa shape index (κ1) is 12.2. The first-order valence-corrected chi connectivity index (χ1v) is 5.76. The van der Waals surface area contributed by atoms with Gasteiger partial charge in [-0.25, -0.2) is 0 Å². The maximum Gasteiger partial charge on any atom is 0.270 e. The molecule has 3 N–H and O–H groups in total. The third-order valence-electron chi connectivity index (χ3n) is 2.71. The molecule has 5 nitrogen and oxygen atoms in total. The van der Waals surface area contributed by atoms with E-state index in [9.17, 15) is 4.79 Å². The van der Waals surface area contributed by atoms with Gasteiger partial charge in [-0.1, -0.05) is 6.07 Å². The molecule has 0 saturated heterocycles. The summed E-state index contributed by atoms with van der Waals surface area (Å²) in [4.78, 5) is 20.7. The molecule has 0 radical (unpaired) electrons. The molecule has 18 heavy (non-hydrogen) atoms. The second-order valence-electron chi connectivity index (χ2n) is 4.14. The van der Waals surface area contributed by atoms with Crippen LogP contribution in [0.2, 0.25) is 0 Å². The van der Waals surface area contributed by atoms with Crippen LogP contribution in [0.1, 0.15) is 16.2 Å². The van der Waals surface area contributed by atoms with Gasteiger partial charge in [-0.15, -0.1) is 0 Å². The van der Waals surface area contributed by atoms with E-state index in [1.54, 1.807) is 30.4 Å². The molecule has 0 spiro atoms. The van der Waals surface area contributed by atoms with Crippen LogP contribution in [0.3, 0.4) is 0 Å². The molecule has 5 heteroatoms. The Labute approximate surface area is 106 Å². The third-order valence-corrected chi connectivity index (χ3v) is 2.71. The molecule has 94 valence electrons. The van der Waals surface area contributed by atoms with Crippen molar-refractivity contribution in [2.45, 2.75) is 6.42 Å². The number of H-pyrrole nitrogens is 1. The number of aromatic nitrogens is 2. The summed E-state index contributed by atoms with van der Waals surface area (Å²) in [6, 6.07) is 7.40. The van der Waals surface area contributed by atoms with E-state index in [1.165, 1.54) is 0 Å². The number of likely N-dealkylation sites (N-methyl/N-ethyl adjacent to an activating group) is 1. The Bertz CT molecular complexity index is 521. The predicted octanol–water partition coefficient (Wildman–Crippen LogP) is 1.31. The molecular weight excluding hydrogens is 228 g/mol. The van der Waals surface area contributed by atoms with Crippen molar-refractivity contribution in [1.82, 2.24) is 14.9 Å². The largest absolute Gasteiger partial charge is 0.397 e. The zero-order valence-electron chi connectivity index (χ0n) is 10.3. The number of hydrogen-bond acceptors (Lipinski definition) is 3. The zero-order valence-corrected chi connectivity index (χ0v) is 10.3. The van der Waals surface area contributed by atoms with Crippen LogP contribution in [0.5, 0.6) is 0 Å². The Morgan fingerprint density at radius 2 is 2.33 bits per heavy atom. The number of amides is 1. The highest BCUT2D eigenvalue weighted by Crippen LogP contribution is 2.07. The molecule has 0 aliphatic carbocycles. The smallest absolute Gasteiger partial charge is 0.270 e. The second-order valence-corrected chi connectivity index (χ2v) is 4.14. The van der Waals surface area contributed by atoms with Crippen molar-refractivity contribution in [3.05, 3.63) is 48.0 Å². The van der Waals surface area contributed by atoms with Crippen LogP contribution in [0.25, 0.3) is 0 Å². The van der Waals surface area contributed by atoms with Gasteiger partial charge in [-0.2, -0.15) is 0 Å². The third kappa shape index (κ3) is 2.88. The molecular formula is C13H16N4O. The van der Waals surface area contributed by atoms with E-state index in [1.807, 2.05) is 18.2 Å². The summed E-state index contributed by atoms with van der Waals surface area (Å²) in [5.41, 5.74) is 7.62. The summed E-state index contributed by atoms with van der Waals surface area (Å²) < 4.78 is 0. The average Bonchev–Trinajstić information content (AvgIpc) is 2.83. The fraction of sp³-hybridized carbons (Fsp3) is 0.231. The highest BCUT2D eigenvalue weighted by Gasteiger charge is 2.13. The van der Waals surface area contributed by atoms with E-state index in [0.717, 1.165) is 12.1 Å². The number of nitrogens with two attached hydrogens (primary N) is 1. The lowest BCUT2D eigenvalue weighted by Gasteiger charge is -2.15. The first-order chi connectivity index (χ1) is 8.66. The number of pyridine rings is 1. The monoisotopic (exact) mass is 244 g/mol. The molecule has 0 bridgehead atoms. The minimum Gasteiger partial charge on any atom is -0.397 e. The summed E-state index contributed by atoms with van der Waals surface area (Å²) in [5.74, 6) is -0.0670. The molecule has 2 aromatic rings. The summed E-state index contributed by atoms with van der Waals surface area (Å²) >= 11 is 0. The number of aromatic amines is 1. The summed E-state index contributed by atoms with van der Waals surface area (Å²) in [7, 11) is 1.77. The van der Waals surface area contributed by atoms with E-state index in [2.05, 4.69) is 9.97 Å². The Morgan fingerprint density at radius 1 is 1.50 bits per heavy atom. The number of nitrogens with zero attached hydrogens (tertiary/aromatic N) is 2. The van der Waals surface area contributed by atoms with E-state index in [0.29, 0.717) is 17.9 Å². The number of hydrogen-bond donors (Lipinski definition) is 2. The Morgan fingerprint density at radius 3 is 2.94 bits per heavy atom. The van der Waals surface area contributed by atoms with E-state index >= 15 is 0 Å². The van der Waals surface area contributed by atoms with Crippen LogP contribution in [-0.2, 0) is 6.42 Å². The fourth-order valence-corrected chi connectivity index (χ4v) is 1.67. The van der Waals surface area contributed by atoms with Gasteiger partial charge in [0.15, 0.2) is 0 Å². The van der Waals surface area contributed by atoms with Gasteiger partial charge in [0, 0.05) is 43.8 Å². The standard InChI is InChI=1S/C13H16N4O/c1-17(7-5-11-4-2-3-6-15-11)13(18)12-8-10(14)9-16-12/h2-4,6,8-9,16H,5,7,14H2,1H3. The average molecular weight is 244 g/mol. The molecule has 0 atom stereocenters. The maximum atomic E-state index is 12.0. The number of nitrogens with one attached hydrogen (secondary N) is 1. The van der Waals surface area contributed by atoms with Gasteiger partial charge in [0.2, 0.25) is 0 Å². The van der Waals surface area contributed by atoms with Gasteiger partial charge in [0.05, 0.1) is 0 Å². The van der Waals surface area contributed by atoms with E-state index in [4.69, 9.17) is 5.73 Å². The number of carbonyl (C=O) groups excluding carboxylic acids is 1. The minimum atomic E-state index is -0.0670. The van der Waals surface area contributed by atoms with Crippen LogP contribution in [-0.4, -0.2) is 34.4 Å². The number of rotatable bonds is 4. The molecule has 2 heterocycles. The SMILES string of the molecule is CN(CCc1ccccn1)C(=O)c1cc(N)c[nH]1. The molecule has 0 saturated carbocycles. The second kappa shape index (κ2) is 5.35. The highest BCUT2D eigenvalue weighted by molar-refractivity contribution is 5.93. The predicted molar refractivity (Wildman–Crippen MR) is 70.1 cm³/mol. The van der Waals surface area contributed by atoms with Gasteiger partial charge in [-0.05, 0) is 18.2 Å². The van der Waals surface area contributed by atoms with Crippen molar-refractivity contribution in [2.75, 3.05) is 19.3 Å². The van der Waals surface area contributed by atoms with E-state index in [-0.39, 0.29) is 5.91 Å². The van der Waals surface area contributed by atoms with E-state index < -0.39 is 0 Å². The van der Waals surface area contributed by atoms with Crippen LogP contribution < -0.4 is 5.73 Å². The lowest BCUT2D eigenvalue weighted by Crippen LogP contribution is -2.29. The maximum absolute atomic E-state index is 12.0. The number of anilines is 1. The van der Waals surface area contributed by atoms with Crippen LogP contribution >= 0.6 is 0 Å². The molecule has 1 amide bonds. The molecule has 0 aromatic carbocycles. The van der Waals surface area contributed by atoms with Crippen molar-refractivity contribution in [3.8, 4) is 0 Å². The fourth-order valence-electron chi connectivity index (χ4n) is 1.67. The topological polar surface area (TPSA) is 75.0 Å². The van der Waals surface area contributed by atoms with Crippen molar-refractivity contribution in [3.63, 3.8) is 0 Å². The molecule has 0 aliphatic rings. The summed E-state index contributed by atoms with van der Waals surface area (Å²) in [5, 5.41) is 0. The van der Waals surface area contributed by atoms with Crippen LogP contribution in [0.4, 0.5) is 5.69 Å². The first-order valence-electron chi connectivity index (χ1n) is 5.76. The lowest BCUT2D eigenvalue weighted by atomic mass is 10.2. The van der Waals surface area contributed by atoms with Gasteiger partial charge < -0.3 is 15.6 Å².